The van der Waals surface area contributed by atoms with Crippen LogP contribution in [0.5, 0.6) is 5.75 Å². The van der Waals surface area contributed by atoms with E-state index in [0.717, 1.165) is 6.42 Å². The lowest BCUT2D eigenvalue weighted by atomic mass is 10.0. The number of hydrogen-bond acceptors (Lipinski definition) is 2. The second-order valence-electron chi connectivity index (χ2n) is 9.75. The molecule has 0 aliphatic rings. The van der Waals surface area contributed by atoms with Crippen LogP contribution in [0.2, 0.25) is 0 Å². The largest absolute Gasteiger partial charge is 0.493 e. The van der Waals surface area contributed by atoms with Crippen LogP contribution in [0.25, 0.3) is 0 Å². The Hall–Kier alpha value is -1.51. The van der Waals surface area contributed by atoms with E-state index in [9.17, 15) is 4.79 Å². The molecule has 0 spiro atoms. The van der Waals surface area contributed by atoms with E-state index in [2.05, 4.69) is 26.1 Å². The van der Waals surface area contributed by atoms with Crippen molar-refractivity contribution in [3.8, 4) is 5.75 Å². The van der Waals surface area contributed by atoms with Gasteiger partial charge >= 0.3 is 0 Å². The van der Waals surface area contributed by atoms with Gasteiger partial charge in [0.2, 0.25) is 0 Å². The van der Waals surface area contributed by atoms with Crippen molar-refractivity contribution in [1.82, 2.24) is 5.32 Å². The van der Waals surface area contributed by atoms with E-state index < -0.39 is 0 Å². The first kappa shape index (κ1) is 28.5. The Morgan fingerprint density at radius 1 is 0.750 bits per heavy atom. The average molecular weight is 446 g/mol. The third kappa shape index (κ3) is 15.3. The van der Waals surface area contributed by atoms with Gasteiger partial charge in [-0.15, -0.1) is 0 Å². The van der Waals surface area contributed by atoms with Crippen LogP contribution in [0.3, 0.4) is 0 Å². The summed E-state index contributed by atoms with van der Waals surface area (Å²) < 4.78 is 5.92. The predicted octanol–water partition coefficient (Wildman–Crippen LogP) is 8.71. The fraction of sp³-hybridized carbons (Fsp3) is 0.759. The molecule has 3 nitrogen and oxygen atoms in total. The number of carbonyl (C=O) groups excluding carboxylic acids is 1. The number of unbranched alkanes of at least 4 members (excludes halogenated alkanes) is 15. The fourth-order valence-corrected chi connectivity index (χ4v) is 4.00. The lowest BCUT2D eigenvalue weighted by Gasteiger charge is -2.12. The maximum atomic E-state index is 12.4. The molecule has 1 aromatic rings. The van der Waals surface area contributed by atoms with Crippen molar-refractivity contribution in [2.24, 2.45) is 5.92 Å². The van der Waals surface area contributed by atoms with Crippen LogP contribution >= 0.6 is 0 Å². The van der Waals surface area contributed by atoms with E-state index in [4.69, 9.17) is 4.74 Å². The van der Waals surface area contributed by atoms with Gasteiger partial charge in [0.05, 0.1) is 12.2 Å². The monoisotopic (exact) mass is 445 g/mol. The molecule has 1 N–H and O–H groups in total. The van der Waals surface area contributed by atoms with E-state index in [-0.39, 0.29) is 5.91 Å². The van der Waals surface area contributed by atoms with Crippen molar-refractivity contribution in [3.05, 3.63) is 29.8 Å². The first-order chi connectivity index (χ1) is 15.6. The summed E-state index contributed by atoms with van der Waals surface area (Å²) in [5.41, 5.74) is 0.643. The number of nitrogens with one attached hydrogen (secondary N) is 1. The molecule has 1 aromatic carbocycles. The molecule has 1 rings (SSSR count). The number of benzene rings is 1. The molecule has 0 fully saturated rings. The topological polar surface area (TPSA) is 38.3 Å². The summed E-state index contributed by atoms with van der Waals surface area (Å²) in [5.74, 6) is 1.10. The number of hydrogen-bond donors (Lipinski definition) is 1. The minimum atomic E-state index is -0.0405. The molecule has 0 saturated carbocycles. The van der Waals surface area contributed by atoms with Gasteiger partial charge in [0.25, 0.3) is 5.91 Å². The Morgan fingerprint density at radius 2 is 1.22 bits per heavy atom. The normalized spacial score (nSPS) is 11.1. The Balaban J connectivity index is 1.96. The standard InChI is InChI=1S/C29H51NO2/c1-4-5-6-7-8-9-10-11-12-13-14-15-16-17-18-21-24-32-28-23-20-19-22-27(28)29(31)30-25-26(2)3/h19-20,22-23,26H,4-18,21,24-25H2,1-3H3,(H,30,31). The smallest absolute Gasteiger partial charge is 0.255 e. The van der Waals surface area contributed by atoms with Crippen LogP contribution in [-0.2, 0) is 0 Å². The van der Waals surface area contributed by atoms with E-state index in [1.165, 1.54) is 96.3 Å². The summed E-state index contributed by atoms with van der Waals surface area (Å²) >= 11 is 0. The molecule has 0 atom stereocenters. The molecule has 1 amide bonds. The summed E-state index contributed by atoms with van der Waals surface area (Å²) in [7, 11) is 0. The lowest BCUT2D eigenvalue weighted by molar-refractivity contribution is 0.0945. The van der Waals surface area contributed by atoms with Crippen LogP contribution in [0.15, 0.2) is 24.3 Å². The minimum Gasteiger partial charge on any atom is -0.493 e. The summed E-state index contributed by atoms with van der Waals surface area (Å²) in [6.07, 6.45) is 21.9. The van der Waals surface area contributed by atoms with Gasteiger partial charge in [-0.2, -0.15) is 0 Å². The predicted molar refractivity (Wildman–Crippen MR) is 139 cm³/mol. The third-order valence-corrected chi connectivity index (χ3v) is 6.06. The van der Waals surface area contributed by atoms with Gasteiger partial charge in [0, 0.05) is 6.54 Å². The Labute approximate surface area is 199 Å². The van der Waals surface area contributed by atoms with Crippen LogP contribution in [0.4, 0.5) is 0 Å². The molecule has 32 heavy (non-hydrogen) atoms. The maximum Gasteiger partial charge on any atom is 0.255 e. The van der Waals surface area contributed by atoms with Gasteiger partial charge in [0.15, 0.2) is 0 Å². The molecule has 3 heteroatoms. The third-order valence-electron chi connectivity index (χ3n) is 6.06. The molecule has 0 radical (unpaired) electrons. The average Bonchev–Trinajstić information content (AvgIpc) is 2.79. The highest BCUT2D eigenvalue weighted by molar-refractivity contribution is 5.96. The number of rotatable bonds is 21. The SMILES string of the molecule is CCCCCCCCCCCCCCCCCCOc1ccccc1C(=O)NCC(C)C. The highest BCUT2D eigenvalue weighted by Crippen LogP contribution is 2.19. The quantitative estimate of drug-likeness (QED) is 0.192. The lowest BCUT2D eigenvalue weighted by Crippen LogP contribution is -2.27. The van der Waals surface area contributed by atoms with E-state index in [1.54, 1.807) is 0 Å². The van der Waals surface area contributed by atoms with Crippen molar-refractivity contribution in [1.29, 1.82) is 0 Å². The zero-order chi connectivity index (χ0) is 23.3. The fourth-order valence-electron chi connectivity index (χ4n) is 4.00. The number of ether oxygens (including phenoxy) is 1. The Bertz CT molecular complexity index is 570. The summed E-state index contributed by atoms with van der Waals surface area (Å²) in [6.45, 7) is 7.85. The number of carbonyl (C=O) groups is 1. The van der Waals surface area contributed by atoms with Crippen LogP contribution in [0.1, 0.15) is 134 Å². The molecule has 0 aromatic heterocycles. The summed E-state index contributed by atoms with van der Waals surface area (Å²) in [6, 6.07) is 7.57. The van der Waals surface area contributed by atoms with Gasteiger partial charge in [-0.3, -0.25) is 4.79 Å². The van der Waals surface area contributed by atoms with Gasteiger partial charge in [0.1, 0.15) is 5.75 Å². The van der Waals surface area contributed by atoms with Crippen molar-refractivity contribution in [2.75, 3.05) is 13.2 Å². The highest BCUT2D eigenvalue weighted by Gasteiger charge is 2.12. The second-order valence-corrected chi connectivity index (χ2v) is 9.75. The molecule has 0 unspecified atom stereocenters. The molecule has 0 aliphatic heterocycles. The summed E-state index contributed by atoms with van der Waals surface area (Å²) in [5, 5.41) is 2.98. The number of amides is 1. The van der Waals surface area contributed by atoms with Crippen molar-refractivity contribution in [3.63, 3.8) is 0 Å². The molecule has 184 valence electrons. The number of para-hydroxylation sites is 1. The molecular formula is C29H51NO2. The first-order valence-electron chi connectivity index (χ1n) is 13.6. The van der Waals surface area contributed by atoms with Crippen LogP contribution < -0.4 is 10.1 Å². The zero-order valence-corrected chi connectivity index (χ0v) is 21.4. The van der Waals surface area contributed by atoms with Gasteiger partial charge in [-0.05, 0) is 24.5 Å². The van der Waals surface area contributed by atoms with E-state index in [0.29, 0.717) is 30.4 Å². The van der Waals surface area contributed by atoms with Gasteiger partial charge < -0.3 is 10.1 Å². The highest BCUT2D eigenvalue weighted by atomic mass is 16.5. The van der Waals surface area contributed by atoms with Crippen LogP contribution in [-0.4, -0.2) is 19.1 Å². The van der Waals surface area contributed by atoms with Crippen molar-refractivity contribution in [2.45, 2.75) is 124 Å². The van der Waals surface area contributed by atoms with Gasteiger partial charge in [-0.25, -0.2) is 0 Å². The van der Waals surface area contributed by atoms with E-state index >= 15 is 0 Å². The maximum absolute atomic E-state index is 12.4. The minimum absolute atomic E-state index is 0.0405. The van der Waals surface area contributed by atoms with E-state index in [1.807, 2.05) is 24.3 Å². The Morgan fingerprint density at radius 3 is 1.72 bits per heavy atom. The first-order valence-corrected chi connectivity index (χ1v) is 13.6. The molecule has 0 bridgehead atoms. The molecule has 0 heterocycles. The molecule has 0 aliphatic carbocycles. The van der Waals surface area contributed by atoms with Gasteiger partial charge in [-0.1, -0.05) is 129 Å². The van der Waals surface area contributed by atoms with Crippen LogP contribution in [0, 0.1) is 5.92 Å². The molecule has 0 saturated heterocycles. The second kappa shape index (κ2) is 20.1. The van der Waals surface area contributed by atoms with Crippen molar-refractivity contribution < 1.29 is 9.53 Å². The Kier molecular flexibility index (Phi) is 17.9. The zero-order valence-electron chi connectivity index (χ0n) is 21.4. The summed E-state index contributed by atoms with van der Waals surface area (Å²) in [4.78, 5) is 12.4. The molecular weight excluding hydrogens is 394 g/mol. The van der Waals surface area contributed by atoms with Crippen molar-refractivity contribution >= 4 is 5.91 Å².